The van der Waals surface area contributed by atoms with Gasteiger partial charge < -0.3 is 5.73 Å². The number of alkyl halides is 3. The van der Waals surface area contributed by atoms with Crippen molar-refractivity contribution in [1.82, 2.24) is 0 Å². The van der Waals surface area contributed by atoms with Gasteiger partial charge in [0.25, 0.3) is 0 Å². The number of benzene rings is 2. The first-order chi connectivity index (χ1) is 9.32. The molecular weight excluding hydrogens is 277 g/mol. The summed E-state index contributed by atoms with van der Waals surface area (Å²) in [6.07, 6.45) is -4.76. The first kappa shape index (κ1) is 14.5. The van der Waals surface area contributed by atoms with Gasteiger partial charge in [-0.3, -0.25) is 0 Å². The molecule has 0 aliphatic heterocycles. The summed E-state index contributed by atoms with van der Waals surface area (Å²) in [5.74, 6) is -1.97. The molecule has 6 heteroatoms. The van der Waals surface area contributed by atoms with E-state index in [1.54, 1.807) is 0 Å². The van der Waals surface area contributed by atoms with E-state index < -0.39 is 23.4 Å². The van der Waals surface area contributed by atoms with Crippen molar-refractivity contribution >= 4 is 0 Å². The van der Waals surface area contributed by atoms with Gasteiger partial charge in [-0.2, -0.15) is 13.2 Å². The highest BCUT2D eigenvalue weighted by Crippen LogP contribution is 2.34. The topological polar surface area (TPSA) is 26.0 Å². The maximum absolute atomic E-state index is 13.5. The lowest BCUT2D eigenvalue weighted by molar-refractivity contribution is -0.139. The Hall–Kier alpha value is -1.95. The average molecular weight is 287 g/mol. The first-order valence-electron chi connectivity index (χ1n) is 5.68. The van der Waals surface area contributed by atoms with Crippen LogP contribution in [0.15, 0.2) is 36.4 Å². The molecule has 0 aromatic heterocycles. The normalized spacial score (nSPS) is 11.7. The minimum atomic E-state index is -4.76. The van der Waals surface area contributed by atoms with E-state index >= 15 is 0 Å². The highest BCUT2D eigenvalue weighted by atomic mass is 19.4. The molecule has 106 valence electrons. The Kier molecular flexibility index (Phi) is 3.76. The van der Waals surface area contributed by atoms with Crippen LogP contribution < -0.4 is 5.73 Å². The summed E-state index contributed by atoms with van der Waals surface area (Å²) in [4.78, 5) is 0. The Morgan fingerprint density at radius 3 is 2.20 bits per heavy atom. The second kappa shape index (κ2) is 5.20. The minimum absolute atomic E-state index is 0.0677. The molecule has 0 heterocycles. The molecule has 2 N–H and O–H groups in total. The van der Waals surface area contributed by atoms with Crippen molar-refractivity contribution in [2.45, 2.75) is 12.7 Å². The molecule has 0 atom stereocenters. The third-order valence-electron chi connectivity index (χ3n) is 2.88. The molecular formula is C14H10F5N. The molecule has 2 rings (SSSR count). The Morgan fingerprint density at radius 2 is 1.65 bits per heavy atom. The van der Waals surface area contributed by atoms with Gasteiger partial charge in [-0.15, -0.1) is 0 Å². The maximum Gasteiger partial charge on any atom is 0.419 e. The highest BCUT2D eigenvalue weighted by molar-refractivity contribution is 5.68. The van der Waals surface area contributed by atoms with E-state index in [-0.39, 0.29) is 17.7 Å². The van der Waals surface area contributed by atoms with E-state index in [1.807, 2.05) is 0 Å². The van der Waals surface area contributed by atoms with Crippen LogP contribution in [0.25, 0.3) is 11.1 Å². The summed E-state index contributed by atoms with van der Waals surface area (Å²) in [5, 5.41) is 0. The molecule has 0 fully saturated rings. The summed E-state index contributed by atoms with van der Waals surface area (Å²) in [5.41, 5.74) is 5.07. The summed E-state index contributed by atoms with van der Waals surface area (Å²) in [7, 11) is 0. The summed E-state index contributed by atoms with van der Waals surface area (Å²) in [6.45, 7) is 0.0677. The van der Waals surface area contributed by atoms with E-state index in [0.717, 1.165) is 18.2 Å². The lowest BCUT2D eigenvalue weighted by Gasteiger charge is -2.12. The summed E-state index contributed by atoms with van der Waals surface area (Å²) in [6, 6.07) is 6.18. The monoisotopic (exact) mass is 287 g/mol. The average Bonchev–Trinajstić information content (AvgIpc) is 2.37. The second-order valence-corrected chi connectivity index (χ2v) is 4.20. The third kappa shape index (κ3) is 2.80. The standard InChI is InChI=1S/C14H10F5N/c15-10-3-1-9(7-20)11(6-10)8-2-4-12(13(16)5-8)14(17,18)19/h1-6H,7,20H2. The molecule has 0 aliphatic carbocycles. The quantitative estimate of drug-likeness (QED) is 0.826. The van der Waals surface area contributed by atoms with E-state index in [1.165, 1.54) is 12.1 Å². The second-order valence-electron chi connectivity index (χ2n) is 4.20. The number of hydrogen-bond donors (Lipinski definition) is 1. The molecule has 20 heavy (non-hydrogen) atoms. The maximum atomic E-state index is 13.5. The van der Waals surface area contributed by atoms with E-state index in [9.17, 15) is 22.0 Å². The lowest BCUT2D eigenvalue weighted by Crippen LogP contribution is -2.08. The fraction of sp³-hybridized carbons (Fsp3) is 0.143. The van der Waals surface area contributed by atoms with E-state index in [2.05, 4.69) is 0 Å². The molecule has 0 spiro atoms. The van der Waals surface area contributed by atoms with Gasteiger partial charge in [-0.05, 0) is 41.0 Å². The predicted molar refractivity (Wildman–Crippen MR) is 64.7 cm³/mol. The first-order valence-corrected chi connectivity index (χ1v) is 5.68. The molecule has 0 bridgehead atoms. The Balaban J connectivity index is 2.55. The highest BCUT2D eigenvalue weighted by Gasteiger charge is 2.34. The smallest absolute Gasteiger partial charge is 0.326 e. The Morgan fingerprint density at radius 1 is 0.950 bits per heavy atom. The molecule has 0 aliphatic rings. The van der Waals surface area contributed by atoms with Gasteiger partial charge in [0.05, 0.1) is 5.56 Å². The predicted octanol–water partition coefficient (Wildman–Crippen LogP) is 4.11. The molecule has 0 saturated heterocycles. The van der Waals surface area contributed by atoms with Crippen LogP contribution in [-0.4, -0.2) is 0 Å². The van der Waals surface area contributed by atoms with Crippen molar-refractivity contribution in [3.05, 3.63) is 59.2 Å². The Bertz CT molecular complexity index is 634. The SMILES string of the molecule is NCc1ccc(F)cc1-c1ccc(C(F)(F)F)c(F)c1. The van der Waals surface area contributed by atoms with Gasteiger partial charge in [0.2, 0.25) is 0 Å². The molecule has 1 nitrogen and oxygen atoms in total. The van der Waals surface area contributed by atoms with Crippen molar-refractivity contribution < 1.29 is 22.0 Å². The number of nitrogens with two attached hydrogens (primary N) is 1. The van der Waals surface area contributed by atoms with Gasteiger partial charge in [0.15, 0.2) is 0 Å². The number of rotatable bonds is 2. The fourth-order valence-electron chi connectivity index (χ4n) is 1.91. The van der Waals surface area contributed by atoms with Crippen molar-refractivity contribution in [3.8, 4) is 11.1 Å². The van der Waals surface area contributed by atoms with Crippen molar-refractivity contribution in [1.29, 1.82) is 0 Å². The Labute approximate surface area is 111 Å². The molecule has 0 radical (unpaired) electrons. The van der Waals surface area contributed by atoms with Crippen LogP contribution in [0.5, 0.6) is 0 Å². The van der Waals surface area contributed by atoms with Crippen LogP contribution in [0.3, 0.4) is 0 Å². The molecule has 2 aromatic rings. The van der Waals surface area contributed by atoms with Gasteiger partial charge in [0.1, 0.15) is 11.6 Å². The van der Waals surface area contributed by atoms with Crippen LogP contribution in [0.2, 0.25) is 0 Å². The van der Waals surface area contributed by atoms with E-state index in [4.69, 9.17) is 5.73 Å². The number of halogens is 5. The fourth-order valence-corrected chi connectivity index (χ4v) is 1.91. The lowest BCUT2D eigenvalue weighted by atomic mass is 9.98. The molecule has 0 unspecified atom stereocenters. The summed E-state index contributed by atoms with van der Waals surface area (Å²) < 4.78 is 64.2. The third-order valence-corrected chi connectivity index (χ3v) is 2.88. The van der Waals surface area contributed by atoms with Crippen LogP contribution in [-0.2, 0) is 12.7 Å². The zero-order chi connectivity index (χ0) is 14.9. The van der Waals surface area contributed by atoms with Crippen molar-refractivity contribution in [3.63, 3.8) is 0 Å². The molecule has 0 saturated carbocycles. The van der Waals surface area contributed by atoms with Crippen molar-refractivity contribution in [2.75, 3.05) is 0 Å². The molecule has 2 aromatic carbocycles. The van der Waals surface area contributed by atoms with Crippen LogP contribution in [0.4, 0.5) is 22.0 Å². The van der Waals surface area contributed by atoms with Gasteiger partial charge in [0, 0.05) is 6.54 Å². The van der Waals surface area contributed by atoms with Gasteiger partial charge in [-0.1, -0.05) is 12.1 Å². The zero-order valence-corrected chi connectivity index (χ0v) is 10.1. The van der Waals surface area contributed by atoms with Crippen LogP contribution in [0, 0.1) is 11.6 Å². The van der Waals surface area contributed by atoms with E-state index in [0.29, 0.717) is 11.6 Å². The van der Waals surface area contributed by atoms with Crippen LogP contribution >= 0.6 is 0 Å². The summed E-state index contributed by atoms with van der Waals surface area (Å²) >= 11 is 0. The van der Waals surface area contributed by atoms with Gasteiger partial charge in [-0.25, -0.2) is 8.78 Å². The number of hydrogen-bond acceptors (Lipinski definition) is 1. The minimum Gasteiger partial charge on any atom is -0.326 e. The zero-order valence-electron chi connectivity index (χ0n) is 10.1. The van der Waals surface area contributed by atoms with Gasteiger partial charge >= 0.3 is 6.18 Å². The molecule has 0 amide bonds. The van der Waals surface area contributed by atoms with Crippen molar-refractivity contribution in [2.24, 2.45) is 5.73 Å². The largest absolute Gasteiger partial charge is 0.419 e. The van der Waals surface area contributed by atoms with Crippen LogP contribution in [0.1, 0.15) is 11.1 Å².